The molecule has 0 aromatic heterocycles. The van der Waals surface area contributed by atoms with E-state index in [1.807, 2.05) is 51.1 Å². The number of hydrogen-bond acceptors (Lipinski definition) is 5. The zero-order chi connectivity index (χ0) is 20.4. The summed E-state index contributed by atoms with van der Waals surface area (Å²) < 4.78 is 10.7. The summed E-state index contributed by atoms with van der Waals surface area (Å²) in [5, 5.41) is 10.8. The molecule has 2 saturated heterocycles. The molecule has 0 atom stereocenters. The Labute approximate surface area is 166 Å². The summed E-state index contributed by atoms with van der Waals surface area (Å²) in [7, 11) is 0. The van der Waals surface area contributed by atoms with E-state index in [2.05, 4.69) is 0 Å². The fraction of sp³-hybridized carbons (Fsp3) is 0.619. The minimum absolute atomic E-state index is 0.0596. The lowest BCUT2D eigenvalue weighted by molar-refractivity contribution is -0.141. The number of carbonyl (C=O) groups is 2. The Morgan fingerprint density at radius 2 is 1.68 bits per heavy atom. The van der Waals surface area contributed by atoms with Crippen molar-refractivity contribution in [2.24, 2.45) is 5.92 Å². The van der Waals surface area contributed by atoms with Crippen LogP contribution >= 0.6 is 0 Å². The van der Waals surface area contributed by atoms with Crippen LogP contribution in [0.15, 0.2) is 30.3 Å². The Morgan fingerprint density at radius 3 is 2.25 bits per heavy atom. The van der Waals surface area contributed by atoms with Crippen molar-refractivity contribution >= 4 is 12.2 Å². The number of rotatable bonds is 3. The first-order valence-corrected chi connectivity index (χ1v) is 9.82. The van der Waals surface area contributed by atoms with E-state index in [9.17, 15) is 14.7 Å². The number of nitrogens with zero attached hydrogens (tertiary/aromatic N) is 2. The maximum Gasteiger partial charge on any atom is 0.410 e. The van der Waals surface area contributed by atoms with E-state index in [0.717, 1.165) is 5.56 Å². The van der Waals surface area contributed by atoms with Crippen molar-refractivity contribution in [3.05, 3.63) is 35.9 Å². The number of likely N-dealkylation sites (tertiary alicyclic amines) is 2. The molecule has 0 spiro atoms. The number of piperidine rings is 1. The van der Waals surface area contributed by atoms with E-state index in [1.165, 1.54) is 4.90 Å². The normalized spacial score (nSPS) is 19.7. The molecule has 0 unspecified atom stereocenters. The van der Waals surface area contributed by atoms with Crippen LogP contribution in [-0.2, 0) is 16.1 Å². The van der Waals surface area contributed by atoms with Gasteiger partial charge in [-0.2, -0.15) is 0 Å². The number of carbonyl (C=O) groups excluding carboxylic acids is 2. The summed E-state index contributed by atoms with van der Waals surface area (Å²) >= 11 is 0. The molecule has 1 aromatic rings. The molecule has 0 aliphatic carbocycles. The second-order valence-corrected chi connectivity index (χ2v) is 8.74. The number of benzene rings is 1. The van der Waals surface area contributed by atoms with Crippen LogP contribution in [0.5, 0.6) is 0 Å². The quantitative estimate of drug-likeness (QED) is 0.858. The fourth-order valence-electron chi connectivity index (χ4n) is 3.74. The smallest absolute Gasteiger partial charge is 0.410 e. The van der Waals surface area contributed by atoms with Crippen molar-refractivity contribution in [1.29, 1.82) is 0 Å². The van der Waals surface area contributed by atoms with Gasteiger partial charge in [0.25, 0.3) is 0 Å². The summed E-state index contributed by atoms with van der Waals surface area (Å²) in [6.07, 6.45) is 0.676. The second kappa shape index (κ2) is 7.99. The topological polar surface area (TPSA) is 79.3 Å². The van der Waals surface area contributed by atoms with Crippen LogP contribution in [0.25, 0.3) is 0 Å². The third-order valence-corrected chi connectivity index (χ3v) is 5.30. The minimum atomic E-state index is -0.892. The van der Waals surface area contributed by atoms with Crippen LogP contribution in [0.2, 0.25) is 0 Å². The zero-order valence-electron chi connectivity index (χ0n) is 16.9. The standard InChI is InChI=1S/C21H30N2O5/c1-20(2,3)28-19(25)23-14-21(26,15-23)17-9-11-22(12-10-17)18(24)27-13-16-7-5-4-6-8-16/h4-8,17,26H,9-15H2,1-3H3. The predicted octanol–water partition coefficient (Wildman–Crippen LogP) is 3.02. The van der Waals surface area contributed by atoms with Gasteiger partial charge in [-0.15, -0.1) is 0 Å². The maximum absolute atomic E-state index is 12.3. The van der Waals surface area contributed by atoms with Gasteiger partial charge >= 0.3 is 12.2 Å². The summed E-state index contributed by atoms with van der Waals surface area (Å²) in [6.45, 7) is 7.39. The Morgan fingerprint density at radius 1 is 1.07 bits per heavy atom. The summed E-state index contributed by atoms with van der Waals surface area (Å²) in [5.74, 6) is 0.0596. The van der Waals surface area contributed by atoms with Gasteiger partial charge in [0, 0.05) is 13.1 Å². The monoisotopic (exact) mass is 390 g/mol. The SMILES string of the molecule is CC(C)(C)OC(=O)N1CC(O)(C2CCN(C(=O)OCc3ccccc3)CC2)C1. The highest BCUT2D eigenvalue weighted by molar-refractivity contribution is 5.70. The van der Waals surface area contributed by atoms with Crippen LogP contribution in [0, 0.1) is 5.92 Å². The van der Waals surface area contributed by atoms with E-state index in [-0.39, 0.29) is 37.8 Å². The van der Waals surface area contributed by atoms with E-state index >= 15 is 0 Å². The van der Waals surface area contributed by atoms with Gasteiger partial charge in [-0.3, -0.25) is 0 Å². The maximum atomic E-state index is 12.3. The van der Waals surface area contributed by atoms with Gasteiger partial charge in [-0.1, -0.05) is 30.3 Å². The predicted molar refractivity (Wildman–Crippen MR) is 104 cm³/mol. The molecule has 7 heteroatoms. The molecule has 0 radical (unpaired) electrons. The van der Waals surface area contributed by atoms with Crippen molar-refractivity contribution in [1.82, 2.24) is 9.80 Å². The molecule has 7 nitrogen and oxygen atoms in total. The highest BCUT2D eigenvalue weighted by Gasteiger charge is 2.50. The number of ether oxygens (including phenoxy) is 2. The molecule has 28 heavy (non-hydrogen) atoms. The molecule has 154 valence electrons. The first-order valence-electron chi connectivity index (χ1n) is 9.82. The summed E-state index contributed by atoms with van der Waals surface area (Å²) in [6, 6.07) is 9.58. The van der Waals surface area contributed by atoms with E-state index in [4.69, 9.17) is 9.47 Å². The molecule has 1 aromatic carbocycles. The van der Waals surface area contributed by atoms with E-state index in [0.29, 0.717) is 25.9 Å². The molecule has 2 heterocycles. The van der Waals surface area contributed by atoms with E-state index < -0.39 is 11.2 Å². The molecular weight excluding hydrogens is 360 g/mol. The zero-order valence-corrected chi connectivity index (χ0v) is 16.9. The Kier molecular flexibility index (Phi) is 5.84. The van der Waals surface area contributed by atoms with Crippen LogP contribution in [0.3, 0.4) is 0 Å². The summed E-state index contributed by atoms with van der Waals surface area (Å²) in [5.41, 5.74) is -0.482. The third-order valence-electron chi connectivity index (χ3n) is 5.30. The molecule has 3 rings (SSSR count). The molecule has 2 aliphatic rings. The molecule has 2 fully saturated rings. The first kappa shape index (κ1) is 20.5. The van der Waals surface area contributed by atoms with Crippen LogP contribution < -0.4 is 0 Å². The molecule has 0 bridgehead atoms. The average Bonchev–Trinajstić information content (AvgIpc) is 2.63. The minimum Gasteiger partial charge on any atom is -0.445 e. The van der Waals surface area contributed by atoms with Gasteiger partial charge in [-0.25, -0.2) is 9.59 Å². The largest absolute Gasteiger partial charge is 0.445 e. The molecule has 2 aliphatic heterocycles. The molecule has 1 N–H and O–H groups in total. The van der Waals surface area contributed by atoms with E-state index in [1.54, 1.807) is 4.90 Å². The number of β-amino-alcohol motifs (C(OH)–C–C–N with tert-alkyl or cyclic N) is 1. The van der Waals surface area contributed by atoms with Crippen molar-refractivity contribution in [3.63, 3.8) is 0 Å². The number of amides is 2. The van der Waals surface area contributed by atoms with Gasteiger partial charge in [0.2, 0.25) is 0 Å². The molecular formula is C21H30N2O5. The third kappa shape index (κ3) is 4.95. The Hall–Kier alpha value is -2.28. The second-order valence-electron chi connectivity index (χ2n) is 8.74. The highest BCUT2D eigenvalue weighted by atomic mass is 16.6. The van der Waals surface area contributed by atoms with Crippen molar-refractivity contribution in [2.45, 2.75) is 51.4 Å². The Balaban J connectivity index is 1.41. The average molecular weight is 390 g/mol. The van der Waals surface area contributed by atoms with Crippen LogP contribution in [0.1, 0.15) is 39.2 Å². The highest BCUT2D eigenvalue weighted by Crippen LogP contribution is 2.36. The summed E-state index contributed by atoms with van der Waals surface area (Å²) in [4.78, 5) is 27.5. The van der Waals surface area contributed by atoms with Gasteiger partial charge < -0.3 is 24.4 Å². The lowest BCUT2D eigenvalue weighted by Crippen LogP contribution is -2.68. The van der Waals surface area contributed by atoms with Crippen LogP contribution in [0.4, 0.5) is 9.59 Å². The van der Waals surface area contributed by atoms with Gasteiger partial charge in [0.15, 0.2) is 0 Å². The molecule has 0 saturated carbocycles. The van der Waals surface area contributed by atoms with Crippen molar-refractivity contribution < 1.29 is 24.2 Å². The van der Waals surface area contributed by atoms with Gasteiger partial charge in [0.1, 0.15) is 17.8 Å². The van der Waals surface area contributed by atoms with Crippen LogP contribution in [-0.4, -0.2) is 64.5 Å². The fourth-order valence-corrected chi connectivity index (χ4v) is 3.74. The first-order chi connectivity index (χ1) is 13.2. The lowest BCUT2D eigenvalue weighted by atomic mass is 9.75. The Bertz CT molecular complexity index is 686. The van der Waals surface area contributed by atoms with Crippen molar-refractivity contribution in [3.8, 4) is 0 Å². The van der Waals surface area contributed by atoms with Gasteiger partial charge in [0.05, 0.1) is 13.1 Å². The van der Waals surface area contributed by atoms with Crippen molar-refractivity contribution in [2.75, 3.05) is 26.2 Å². The lowest BCUT2D eigenvalue weighted by Gasteiger charge is -2.52. The number of hydrogen-bond donors (Lipinski definition) is 1. The molecule has 2 amide bonds. The van der Waals surface area contributed by atoms with Gasteiger partial charge in [-0.05, 0) is 45.1 Å². The number of aliphatic hydroxyl groups is 1.